The molecule has 18 heavy (non-hydrogen) atoms. The summed E-state index contributed by atoms with van der Waals surface area (Å²) in [6.45, 7) is 2.42. The van der Waals surface area contributed by atoms with Gasteiger partial charge in [0.05, 0.1) is 6.20 Å². The average Bonchev–Trinajstić information content (AvgIpc) is 2.87. The standard InChI is InChI=1S/C12H19N3O2S/c1-2-11-13-9-12(15-11)18(16,17)14-8-10-6-4-3-5-7-10/h3-4,9-10,14H,2,5-8H2,1H3,(H,13,15). The van der Waals surface area contributed by atoms with Gasteiger partial charge in [0, 0.05) is 13.0 Å². The van der Waals surface area contributed by atoms with Crippen molar-refractivity contribution in [2.45, 2.75) is 37.6 Å². The van der Waals surface area contributed by atoms with Gasteiger partial charge in [-0.1, -0.05) is 19.1 Å². The zero-order valence-electron chi connectivity index (χ0n) is 10.5. The molecule has 1 aliphatic rings. The number of aromatic amines is 1. The van der Waals surface area contributed by atoms with Crippen molar-refractivity contribution in [1.29, 1.82) is 0 Å². The average molecular weight is 269 g/mol. The van der Waals surface area contributed by atoms with Gasteiger partial charge in [0.2, 0.25) is 0 Å². The Hall–Kier alpha value is -1.14. The van der Waals surface area contributed by atoms with E-state index in [0.29, 0.717) is 24.7 Å². The van der Waals surface area contributed by atoms with Crippen LogP contribution in [0.25, 0.3) is 0 Å². The lowest BCUT2D eigenvalue weighted by Crippen LogP contribution is -2.30. The summed E-state index contributed by atoms with van der Waals surface area (Å²) >= 11 is 0. The number of H-pyrrole nitrogens is 1. The van der Waals surface area contributed by atoms with Crippen molar-refractivity contribution >= 4 is 10.0 Å². The molecule has 0 saturated carbocycles. The number of hydrogen-bond acceptors (Lipinski definition) is 3. The summed E-state index contributed by atoms with van der Waals surface area (Å²) in [6, 6.07) is 0. The summed E-state index contributed by atoms with van der Waals surface area (Å²) in [5.41, 5.74) is 0. The number of aromatic nitrogens is 2. The zero-order chi connectivity index (χ0) is 13.0. The van der Waals surface area contributed by atoms with Gasteiger partial charge in [-0.15, -0.1) is 0 Å². The predicted molar refractivity (Wildman–Crippen MR) is 69.6 cm³/mol. The number of aryl methyl sites for hydroxylation is 1. The number of nitrogens with zero attached hydrogens (tertiary/aromatic N) is 1. The third-order valence-electron chi connectivity index (χ3n) is 3.17. The van der Waals surface area contributed by atoms with Crippen LogP contribution in [0, 0.1) is 5.92 Å². The molecule has 0 amide bonds. The Morgan fingerprint density at radius 2 is 2.33 bits per heavy atom. The van der Waals surface area contributed by atoms with Crippen LogP contribution < -0.4 is 4.72 Å². The molecule has 0 bridgehead atoms. The van der Waals surface area contributed by atoms with E-state index in [1.165, 1.54) is 6.20 Å². The zero-order valence-corrected chi connectivity index (χ0v) is 11.3. The second-order valence-corrected chi connectivity index (χ2v) is 6.29. The number of hydrogen-bond donors (Lipinski definition) is 2. The van der Waals surface area contributed by atoms with Gasteiger partial charge in [0.1, 0.15) is 5.82 Å². The maximum atomic E-state index is 12.0. The molecule has 2 N–H and O–H groups in total. The van der Waals surface area contributed by atoms with Gasteiger partial charge in [-0.3, -0.25) is 0 Å². The first kappa shape index (κ1) is 13.3. The molecule has 1 aromatic heterocycles. The fourth-order valence-electron chi connectivity index (χ4n) is 2.01. The summed E-state index contributed by atoms with van der Waals surface area (Å²) < 4.78 is 26.7. The Bertz CT molecular complexity index is 519. The summed E-state index contributed by atoms with van der Waals surface area (Å²) in [7, 11) is -3.44. The Balaban J connectivity index is 1.96. The molecule has 5 nitrogen and oxygen atoms in total. The highest BCUT2D eigenvalue weighted by molar-refractivity contribution is 7.89. The van der Waals surface area contributed by atoms with Gasteiger partial charge in [-0.25, -0.2) is 18.1 Å². The van der Waals surface area contributed by atoms with Crippen LogP contribution in [0.5, 0.6) is 0 Å². The van der Waals surface area contributed by atoms with Crippen molar-refractivity contribution in [3.63, 3.8) is 0 Å². The van der Waals surface area contributed by atoms with E-state index in [1.54, 1.807) is 0 Å². The van der Waals surface area contributed by atoms with E-state index >= 15 is 0 Å². The minimum atomic E-state index is -3.44. The van der Waals surface area contributed by atoms with Crippen LogP contribution in [0.15, 0.2) is 23.4 Å². The first-order valence-corrected chi connectivity index (χ1v) is 7.78. The van der Waals surface area contributed by atoms with Crippen LogP contribution in [-0.2, 0) is 16.4 Å². The second kappa shape index (κ2) is 5.67. The highest BCUT2D eigenvalue weighted by Crippen LogP contribution is 2.17. The molecule has 1 aliphatic carbocycles. The van der Waals surface area contributed by atoms with Gasteiger partial charge < -0.3 is 4.98 Å². The van der Waals surface area contributed by atoms with Gasteiger partial charge >= 0.3 is 0 Å². The fraction of sp³-hybridized carbons (Fsp3) is 0.583. The van der Waals surface area contributed by atoms with Crippen LogP contribution in [-0.4, -0.2) is 24.9 Å². The van der Waals surface area contributed by atoms with E-state index < -0.39 is 10.0 Å². The van der Waals surface area contributed by atoms with E-state index in [-0.39, 0.29) is 5.03 Å². The topological polar surface area (TPSA) is 74.8 Å². The van der Waals surface area contributed by atoms with E-state index in [1.807, 2.05) is 6.92 Å². The SMILES string of the molecule is CCc1ncc(S(=O)(=O)NCC2CC=CCC2)[nH]1. The van der Waals surface area contributed by atoms with Crippen molar-refractivity contribution < 1.29 is 8.42 Å². The molecular weight excluding hydrogens is 250 g/mol. The summed E-state index contributed by atoms with van der Waals surface area (Å²) in [4.78, 5) is 6.83. The summed E-state index contributed by atoms with van der Waals surface area (Å²) in [5, 5.41) is 0.158. The van der Waals surface area contributed by atoms with Gasteiger partial charge in [-0.05, 0) is 25.2 Å². The van der Waals surface area contributed by atoms with Crippen molar-refractivity contribution in [3.05, 3.63) is 24.2 Å². The summed E-state index contributed by atoms with van der Waals surface area (Å²) in [6.07, 6.45) is 9.37. The molecule has 0 spiro atoms. The molecule has 6 heteroatoms. The molecule has 1 atom stereocenters. The Morgan fingerprint density at radius 1 is 1.50 bits per heavy atom. The predicted octanol–water partition coefficient (Wildman–Crippen LogP) is 1.61. The molecule has 2 rings (SSSR count). The Kier molecular flexibility index (Phi) is 4.19. The van der Waals surface area contributed by atoms with Crippen molar-refractivity contribution in [2.75, 3.05) is 6.54 Å². The summed E-state index contributed by atoms with van der Waals surface area (Å²) in [5.74, 6) is 1.09. The molecule has 0 fully saturated rings. The lowest BCUT2D eigenvalue weighted by molar-refractivity contribution is 0.467. The van der Waals surface area contributed by atoms with Crippen LogP contribution in [0.1, 0.15) is 32.0 Å². The van der Waals surface area contributed by atoms with Gasteiger partial charge in [0.15, 0.2) is 5.03 Å². The number of imidazole rings is 1. The van der Waals surface area contributed by atoms with E-state index in [0.717, 1.165) is 19.3 Å². The van der Waals surface area contributed by atoms with E-state index in [9.17, 15) is 8.42 Å². The van der Waals surface area contributed by atoms with E-state index in [4.69, 9.17) is 0 Å². The van der Waals surface area contributed by atoms with Gasteiger partial charge in [0.25, 0.3) is 10.0 Å². The maximum absolute atomic E-state index is 12.0. The first-order chi connectivity index (χ1) is 8.62. The number of allylic oxidation sites excluding steroid dienone is 2. The second-order valence-electron chi connectivity index (χ2n) is 4.55. The highest BCUT2D eigenvalue weighted by atomic mass is 32.2. The molecule has 1 aromatic rings. The van der Waals surface area contributed by atoms with Crippen LogP contribution >= 0.6 is 0 Å². The van der Waals surface area contributed by atoms with Crippen molar-refractivity contribution in [1.82, 2.24) is 14.7 Å². The van der Waals surface area contributed by atoms with Crippen molar-refractivity contribution in [2.24, 2.45) is 5.92 Å². The molecule has 1 heterocycles. The lowest BCUT2D eigenvalue weighted by atomic mass is 9.95. The molecule has 0 aliphatic heterocycles. The first-order valence-electron chi connectivity index (χ1n) is 6.30. The molecule has 0 radical (unpaired) electrons. The third-order valence-corrected chi connectivity index (χ3v) is 4.50. The lowest BCUT2D eigenvalue weighted by Gasteiger charge is -2.17. The highest BCUT2D eigenvalue weighted by Gasteiger charge is 2.19. The molecule has 100 valence electrons. The van der Waals surface area contributed by atoms with Crippen molar-refractivity contribution in [3.8, 4) is 0 Å². The number of nitrogens with one attached hydrogen (secondary N) is 2. The van der Waals surface area contributed by atoms with Gasteiger partial charge in [-0.2, -0.15) is 0 Å². The largest absolute Gasteiger partial charge is 0.332 e. The van der Waals surface area contributed by atoms with Crippen LogP contribution in [0.3, 0.4) is 0 Å². The minimum absolute atomic E-state index is 0.158. The maximum Gasteiger partial charge on any atom is 0.257 e. The smallest absolute Gasteiger partial charge is 0.257 e. The van der Waals surface area contributed by atoms with E-state index in [2.05, 4.69) is 26.8 Å². The normalized spacial score (nSPS) is 20.2. The molecule has 0 aromatic carbocycles. The molecular formula is C12H19N3O2S. The Labute approximate surface area is 108 Å². The third kappa shape index (κ3) is 3.20. The molecule has 1 unspecified atom stereocenters. The van der Waals surface area contributed by atoms with Crippen LogP contribution in [0.4, 0.5) is 0 Å². The fourth-order valence-corrected chi connectivity index (χ4v) is 3.06. The number of rotatable bonds is 5. The minimum Gasteiger partial charge on any atom is -0.332 e. The molecule has 0 saturated heterocycles. The Morgan fingerprint density at radius 3 is 2.94 bits per heavy atom. The monoisotopic (exact) mass is 269 g/mol. The van der Waals surface area contributed by atoms with Crippen LogP contribution in [0.2, 0.25) is 0 Å². The quantitative estimate of drug-likeness (QED) is 0.797. The number of sulfonamides is 1.